The third-order valence-electron chi connectivity index (χ3n) is 3.89. The minimum atomic E-state index is -0.522. The summed E-state index contributed by atoms with van der Waals surface area (Å²) in [5, 5.41) is 12.2. The molecule has 0 saturated carbocycles. The van der Waals surface area contributed by atoms with Crippen molar-refractivity contribution in [2.24, 2.45) is 0 Å². The fourth-order valence-electron chi connectivity index (χ4n) is 2.64. The zero-order valence-electron chi connectivity index (χ0n) is 15.7. The van der Waals surface area contributed by atoms with Crippen molar-refractivity contribution in [2.75, 3.05) is 25.3 Å². The summed E-state index contributed by atoms with van der Waals surface area (Å²) in [5.41, 5.74) is 1.06. The van der Waals surface area contributed by atoms with E-state index in [1.165, 1.54) is 6.08 Å². The van der Waals surface area contributed by atoms with Crippen LogP contribution in [0.25, 0.3) is 6.08 Å². The maximum Gasteiger partial charge on any atom is 0.266 e. The second kappa shape index (κ2) is 8.82. The number of nitrogens with one attached hydrogen (secondary N) is 1. The lowest BCUT2D eigenvalue weighted by atomic mass is 10.1. The molecule has 2 aromatic carbocycles. The molecule has 1 N–H and O–H groups in total. The Hall–Kier alpha value is -3.66. The Morgan fingerprint density at radius 1 is 1.14 bits per heavy atom. The Balaban J connectivity index is 1.83. The number of benzene rings is 2. The van der Waals surface area contributed by atoms with E-state index in [2.05, 4.69) is 5.32 Å². The van der Waals surface area contributed by atoms with Crippen LogP contribution in [0.5, 0.6) is 23.0 Å². The van der Waals surface area contributed by atoms with Gasteiger partial charge >= 0.3 is 0 Å². The van der Waals surface area contributed by atoms with Crippen molar-refractivity contribution in [3.8, 4) is 29.1 Å². The summed E-state index contributed by atoms with van der Waals surface area (Å²) in [6, 6.07) is 12.2. The highest BCUT2D eigenvalue weighted by atomic mass is 16.7. The van der Waals surface area contributed by atoms with Gasteiger partial charge in [-0.3, -0.25) is 4.79 Å². The number of nitrogens with zero attached hydrogens (tertiary/aromatic N) is 1. The second-order valence-electron chi connectivity index (χ2n) is 5.76. The summed E-state index contributed by atoms with van der Waals surface area (Å²) in [5.74, 6) is 1.80. The van der Waals surface area contributed by atoms with Crippen LogP contribution in [0.4, 0.5) is 5.69 Å². The van der Waals surface area contributed by atoms with E-state index in [0.717, 1.165) is 0 Å². The number of nitriles is 1. The van der Waals surface area contributed by atoms with Crippen LogP contribution in [0, 0.1) is 11.3 Å². The Bertz CT molecular complexity index is 929. The zero-order chi connectivity index (χ0) is 19.9. The lowest BCUT2D eigenvalue weighted by Gasteiger charge is -2.10. The van der Waals surface area contributed by atoms with Gasteiger partial charge < -0.3 is 24.3 Å². The normalized spacial score (nSPS) is 12.2. The molecule has 1 amide bonds. The van der Waals surface area contributed by atoms with Gasteiger partial charge in [0.1, 0.15) is 23.1 Å². The lowest BCUT2D eigenvalue weighted by molar-refractivity contribution is -0.112. The first-order chi connectivity index (χ1) is 13.6. The molecule has 0 unspecified atom stereocenters. The van der Waals surface area contributed by atoms with Gasteiger partial charge in [-0.05, 0) is 50.3 Å². The molecular weight excluding hydrogens is 360 g/mol. The van der Waals surface area contributed by atoms with Crippen LogP contribution in [-0.2, 0) is 4.79 Å². The first-order valence-electron chi connectivity index (χ1n) is 8.87. The number of anilines is 1. The van der Waals surface area contributed by atoms with E-state index >= 15 is 0 Å². The van der Waals surface area contributed by atoms with Crippen molar-refractivity contribution in [1.29, 1.82) is 5.26 Å². The van der Waals surface area contributed by atoms with Crippen LogP contribution >= 0.6 is 0 Å². The Morgan fingerprint density at radius 3 is 2.46 bits per heavy atom. The minimum absolute atomic E-state index is 0.0614. The SMILES string of the molecule is CCOc1ccc(NC(=O)/C(C#N)=C/c2cc3c(cc2OCC)OCO3)cc1. The van der Waals surface area contributed by atoms with Gasteiger partial charge in [0.25, 0.3) is 5.91 Å². The van der Waals surface area contributed by atoms with Crippen molar-refractivity contribution >= 4 is 17.7 Å². The number of carbonyl (C=O) groups excluding carboxylic acids is 1. The van der Waals surface area contributed by atoms with Crippen LogP contribution in [0.15, 0.2) is 42.0 Å². The number of hydrogen-bond acceptors (Lipinski definition) is 6. The highest BCUT2D eigenvalue weighted by Crippen LogP contribution is 2.39. The Labute approximate surface area is 163 Å². The van der Waals surface area contributed by atoms with E-state index in [-0.39, 0.29) is 12.4 Å². The van der Waals surface area contributed by atoms with E-state index in [0.29, 0.717) is 47.5 Å². The van der Waals surface area contributed by atoms with Gasteiger partial charge in [-0.15, -0.1) is 0 Å². The zero-order valence-corrected chi connectivity index (χ0v) is 15.7. The predicted molar refractivity (Wildman–Crippen MR) is 104 cm³/mol. The van der Waals surface area contributed by atoms with Crippen molar-refractivity contribution < 1.29 is 23.7 Å². The first kappa shape index (κ1) is 19.1. The highest BCUT2D eigenvalue weighted by molar-refractivity contribution is 6.09. The van der Waals surface area contributed by atoms with Crippen LogP contribution in [-0.4, -0.2) is 25.9 Å². The number of carbonyl (C=O) groups is 1. The molecule has 0 spiro atoms. The van der Waals surface area contributed by atoms with Crippen molar-refractivity contribution in [2.45, 2.75) is 13.8 Å². The van der Waals surface area contributed by atoms with Gasteiger partial charge in [0, 0.05) is 17.3 Å². The summed E-state index contributed by atoms with van der Waals surface area (Å²) < 4.78 is 21.7. The van der Waals surface area contributed by atoms with E-state index in [4.69, 9.17) is 18.9 Å². The molecule has 0 aromatic heterocycles. The average molecular weight is 380 g/mol. The summed E-state index contributed by atoms with van der Waals surface area (Å²) in [6.07, 6.45) is 1.47. The molecule has 1 heterocycles. The number of fused-ring (bicyclic) bond motifs is 1. The summed E-state index contributed by atoms with van der Waals surface area (Å²) in [7, 11) is 0. The van der Waals surface area contributed by atoms with Crippen molar-refractivity contribution in [3.63, 3.8) is 0 Å². The third-order valence-corrected chi connectivity index (χ3v) is 3.89. The predicted octanol–water partition coefficient (Wildman–Crippen LogP) is 3.76. The molecule has 0 aliphatic carbocycles. The maximum absolute atomic E-state index is 12.5. The molecule has 144 valence electrons. The van der Waals surface area contributed by atoms with E-state index in [1.54, 1.807) is 36.4 Å². The van der Waals surface area contributed by atoms with Gasteiger partial charge in [-0.2, -0.15) is 5.26 Å². The van der Waals surface area contributed by atoms with Crippen LogP contribution in [0.2, 0.25) is 0 Å². The number of rotatable bonds is 7. The Morgan fingerprint density at radius 2 is 1.82 bits per heavy atom. The molecule has 0 fully saturated rings. The van der Waals surface area contributed by atoms with Crippen LogP contribution in [0.3, 0.4) is 0 Å². The summed E-state index contributed by atoms with van der Waals surface area (Å²) >= 11 is 0. The van der Waals surface area contributed by atoms with Gasteiger partial charge in [0.15, 0.2) is 11.5 Å². The highest BCUT2D eigenvalue weighted by Gasteiger charge is 2.19. The number of ether oxygens (including phenoxy) is 4. The van der Waals surface area contributed by atoms with E-state index < -0.39 is 5.91 Å². The quantitative estimate of drug-likeness (QED) is 0.581. The van der Waals surface area contributed by atoms with Gasteiger partial charge in [-0.1, -0.05) is 0 Å². The molecule has 1 aliphatic heterocycles. The van der Waals surface area contributed by atoms with Gasteiger partial charge in [0.05, 0.1) is 13.2 Å². The summed E-state index contributed by atoms with van der Waals surface area (Å²) in [4.78, 5) is 12.5. The van der Waals surface area contributed by atoms with E-state index in [1.807, 2.05) is 19.9 Å². The Kier molecular flexibility index (Phi) is 6.02. The average Bonchev–Trinajstić information content (AvgIpc) is 3.15. The lowest BCUT2D eigenvalue weighted by Crippen LogP contribution is -2.13. The molecule has 0 radical (unpaired) electrons. The molecule has 3 rings (SSSR count). The number of hydrogen-bond donors (Lipinski definition) is 1. The fraction of sp³-hybridized carbons (Fsp3) is 0.238. The summed E-state index contributed by atoms with van der Waals surface area (Å²) in [6.45, 7) is 4.86. The van der Waals surface area contributed by atoms with Crippen LogP contribution in [0.1, 0.15) is 19.4 Å². The van der Waals surface area contributed by atoms with Gasteiger partial charge in [-0.25, -0.2) is 0 Å². The molecule has 28 heavy (non-hydrogen) atoms. The molecule has 0 saturated heterocycles. The van der Waals surface area contributed by atoms with Crippen LogP contribution < -0.4 is 24.3 Å². The molecule has 0 atom stereocenters. The standard InChI is InChI=1S/C21H20N2O5/c1-3-25-17-7-5-16(6-8-17)23-21(24)15(12-22)9-14-10-19-20(28-13-27-19)11-18(14)26-4-2/h5-11H,3-4,13H2,1-2H3,(H,23,24)/b15-9+. The second-order valence-corrected chi connectivity index (χ2v) is 5.76. The smallest absolute Gasteiger partial charge is 0.266 e. The largest absolute Gasteiger partial charge is 0.494 e. The first-order valence-corrected chi connectivity index (χ1v) is 8.87. The van der Waals surface area contributed by atoms with Crippen molar-refractivity contribution in [3.05, 3.63) is 47.5 Å². The topological polar surface area (TPSA) is 89.8 Å². The molecular formula is C21H20N2O5. The molecule has 1 aliphatic rings. The molecule has 0 bridgehead atoms. The monoisotopic (exact) mass is 380 g/mol. The number of amides is 1. The third kappa shape index (κ3) is 4.35. The minimum Gasteiger partial charge on any atom is -0.494 e. The molecule has 2 aromatic rings. The molecule has 7 heteroatoms. The fourth-order valence-corrected chi connectivity index (χ4v) is 2.64. The maximum atomic E-state index is 12.5. The van der Waals surface area contributed by atoms with E-state index in [9.17, 15) is 10.1 Å². The van der Waals surface area contributed by atoms with Crippen molar-refractivity contribution in [1.82, 2.24) is 0 Å². The van der Waals surface area contributed by atoms with Gasteiger partial charge in [0.2, 0.25) is 6.79 Å². The molecule has 7 nitrogen and oxygen atoms in total.